The number of rotatable bonds is 6. The van der Waals surface area contributed by atoms with Gasteiger partial charge in [-0.25, -0.2) is 16.8 Å². The predicted octanol–water partition coefficient (Wildman–Crippen LogP) is 2.81. The number of carbonyl (C=O) groups is 2. The van der Waals surface area contributed by atoms with Crippen LogP contribution in [0.15, 0.2) is 17.0 Å². The number of Topliss-reactive ketones (excluding diaryl/α,β-unsaturated/α-hetero) is 2. The van der Waals surface area contributed by atoms with Gasteiger partial charge >= 0.3 is 0 Å². The average Bonchev–Trinajstić information content (AvgIpc) is 2.95. The molecular formula is C19H23ClO6S2. The molecule has 2 aliphatic rings. The fourth-order valence-electron chi connectivity index (χ4n) is 4.04. The Morgan fingerprint density at radius 3 is 2.64 bits per heavy atom. The number of carbonyl (C=O) groups excluding carboxylic acids is 2. The van der Waals surface area contributed by atoms with Crippen LogP contribution in [0.25, 0.3) is 0 Å². The van der Waals surface area contributed by atoms with E-state index in [4.69, 9.17) is 11.6 Å². The Hall–Kier alpha value is -1.25. The lowest BCUT2D eigenvalue weighted by molar-refractivity contribution is -0.122. The van der Waals surface area contributed by atoms with Gasteiger partial charge in [0.15, 0.2) is 25.5 Å². The summed E-state index contributed by atoms with van der Waals surface area (Å²) < 4.78 is 49.6. The monoisotopic (exact) mass is 446 g/mol. The summed E-state index contributed by atoms with van der Waals surface area (Å²) in [6, 6.07) is 2.65. The van der Waals surface area contributed by atoms with E-state index in [1.165, 1.54) is 12.1 Å². The molecule has 1 aromatic carbocycles. The Labute approximate surface area is 170 Å². The van der Waals surface area contributed by atoms with Crippen LogP contribution in [0, 0.1) is 5.92 Å². The topological polar surface area (TPSA) is 102 Å². The standard InChI is InChI=1S/C19H23ClO6S2/c1-2-3-10-27(23,24)16-6-4-5-14(21)17(16)19(22)13-7-8-15-12(18(13)20)9-11-28(15,25)26/h7-8,16-17H,2-6,9-11H2,1H3. The van der Waals surface area contributed by atoms with Gasteiger partial charge in [-0.15, -0.1) is 0 Å². The second-order valence-electron chi connectivity index (χ2n) is 7.43. The SMILES string of the molecule is CCCCS(=O)(=O)C1CCCC(=O)C1C(=O)c1ccc2c(c1Cl)CCS2(=O)=O. The van der Waals surface area contributed by atoms with E-state index in [2.05, 4.69) is 0 Å². The molecule has 0 saturated heterocycles. The second kappa shape index (κ2) is 7.88. The third-order valence-electron chi connectivity index (χ3n) is 5.58. The quantitative estimate of drug-likeness (QED) is 0.491. The van der Waals surface area contributed by atoms with Gasteiger partial charge in [0.25, 0.3) is 0 Å². The first kappa shape index (κ1) is 21.5. The summed E-state index contributed by atoms with van der Waals surface area (Å²) in [4.78, 5) is 25.9. The molecule has 0 spiro atoms. The van der Waals surface area contributed by atoms with Crippen LogP contribution in [0.2, 0.25) is 5.02 Å². The molecule has 0 amide bonds. The van der Waals surface area contributed by atoms with E-state index in [1.807, 2.05) is 6.92 Å². The van der Waals surface area contributed by atoms with Crippen molar-refractivity contribution in [3.05, 3.63) is 28.3 Å². The highest BCUT2D eigenvalue weighted by molar-refractivity contribution is 7.92. The zero-order chi connectivity index (χ0) is 20.7. The molecule has 1 aromatic rings. The van der Waals surface area contributed by atoms with E-state index in [0.29, 0.717) is 24.8 Å². The Kier molecular flexibility index (Phi) is 6.04. The van der Waals surface area contributed by atoms with Crippen LogP contribution in [-0.2, 0) is 30.9 Å². The van der Waals surface area contributed by atoms with E-state index in [-0.39, 0.29) is 52.0 Å². The van der Waals surface area contributed by atoms with E-state index in [9.17, 15) is 26.4 Å². The number of halogens is 1. The minimum atomic E-state index is -3.60. The predicted molar refractivity (Wildman–Crippen MR) is 106 cm³/mol. The molecule has 2 atom stereocenters. The van der Waals surface area contributed by atoms with Crippen LogP contribution in [0.1, 0.15) is 54.9 Å². The molecule has 28 heavy (non-hydrogen) atoms. The Balaban J connectivity index is 2.01. The number of hydrogen-bond acceptors (Lipinski definition) is 6. The van der Waals surface area contributed by atoms with Crippen molar-refractivity contribution in [1.29, 1.82) is 0 Å². The average molecular weight is 447 g/mol. The maximum Gasteiger partial charge on any atom is 0.179 e. The number of fused-ring (bicyclic) bond motifs is 1. The van der Waals surface area contributed by atoms with Crippen LogP contribution >= 0.6 is 11.6 Å². The van der Waals surface area contributed by atoms with E-state index < -0.39 is 36.6 Å². The molecule has 6 nitrogen and oxygen atoms in total. The van der Waals surface area contributed by atoms with Gasteiger partial charge in [-0.2, -0.15) is 0 Å². The zero-order valence-electron chi connectivity index (χ0n) is 15.6. The minimum Gasteiger partial charge on any atom is -0.299 e. The summed E-state index contributed by atoms with van der Waals surface area (Å²) in [6.07, 6.45) is 2.25. The molecule has 1 aliphatic carbocycles. The lowest BCUT2D eigenvalue weighted by Gasteiger charge is -2.29. The van der Waals surface area contributed by atoms with Gasteiger partial charge in [-0.05, 0) is 43.4 Å². The fourth-order valence-corrected chi connectivity index (χ4v) is 8.20. The van der Waals surface area contributed by atoms with Gasteiger partial charge in [0.1, 0.15) is 5.78 Å². The van der Waals surface area contributed by atoms with Gasteiger partial charge in [-0.3, -0.25) is 9.59 Å². The van der Waals surface area contributed by atoms with Crippen LogP contribution in [0.4, 0.5) is 0 Å². The van der Waals surface area contributed by atoms with Crippen molar-refractivity contribution >= 4 is 42.8 Å². The van der Waals surface area contributed by atoms with Crippen molar-refractivity contribution in [2.75, 3.05) is 11.5 Å². The number of unbranched alkanes of at least 4 members (excludes halogenated alkanes) is 1. The minimum absolute atomic E-state index is 0.0201. The summed E-state index contributed by atoms with van der Waals surface area (Å²) in [6.45, 7) is 1.88. The highest BCUT2D eigenvalue weighted by Gasteiger charge is 2.45. The van der Waals surface area contributed by atoms with Crippen LogP contribution < -0.4 is 0 Å². The van der Waals surface area contributed by atoms with E-state index in [0.717, 1.165) is 0 Å². The van der Waals surface area contributed by atoms with Crippen molar-refractivity contribution in [3.63, 3.8) is 0 Å². The van der Waals surface area contributed by atoms with Crippen molar-refractivity contribution in [2.24, 2.45) is 5.92 Å². The Morgan fingerprint density at radius 1 is 1.25 bits per heavy atom. The smallest absolute Gasteiger partial charge is 0.179 e. The molecule has 1 saturated carbocycles. The van der Waals surface area contributed by atoms with Crippen molar-refractivity contribution in [1.82, 2.24) is 0 Å². The normalized spacial score (nSPS) is 24.1. The van der Waals surface area contributed by atoms with Gasteiger partial charge in [0, 0.05) is 12.0 Å². The summed E-state index contributed by atoms with van der Waals surface area (Å²) >= 11 is 6.34. The Morgan fingerprint density at radius 2 is 1.96 bits per heavy atom. The van der Waals surface area contributed by atoms with Crippen molar-refractivity contribution in [2.45, 2.75) is 55.6 Å². The Bertz CT molecular complexity index is 1030. The first-order chi connectivity index (χ1) is 13.1. The second-order valence-corrected chi connectivity index (χ2v) is 12.2. The maximum absolute atomic E-state index is 13.2. The molecule has 154 valence electrons. The maximum atomic E-state index is 13.2. The highest BCUT2D eigenvalue weighted by Crippen LogP contribution is 2.37. The zero-order valence-corrected chi connectivity index (χ0v) is 18.0. The molecule has 3 rings (SSSR count). The van der Waals surface area contributed by atoms with E-state index >= 15 is 0 Å². The molecule has 1 aliphatic heterocycles. The third-order valence-corrected chi connectivity index (χ3v) is 10.1. The summed E-state index contributed by atoms with van der Waals surface area (Å²) in [7, 11) is -7.01. The molecule has 0 radical (unpaired) electrons. The number of sulfone groups is 2. The van der Waals surface area contributed by atoms with Gasteiger partial charge in [-0.1, -0.05) is 24.9 Å². The number of benzene rings is 1. The lowest BCUT2D eigenvalue weighted by atomic mass is 9.82. The first-order valence-electron chi connectivity index (χ1n) is 9.42. The number of ketones is 2. The van der Waals surface area contributed by atoms with Crippen LogP contribution in [-0.4, -0.2) is 45.2 Å². The molecular weight excluding hydrogens is 424 g/mol. The molecule has 1 fully saturated rings. The first-order valence-corrected chi connectivity index (χ1v) is 13.2. The lowest BCUT2D eigenvalue weighted by Crippen LogP contribution is -2.44. The van der Waals surface area contributed by atoms with Gasteiger partial charge in [0.05, 0.1) is 32.6 Å². The molecule has 2 unspecified atom stereocenters. The summed E-state index contributed by atoms with van der Waals surface area (Å²) in [5.41, 5.74) is 0.412. The largest absolute Gasteiger partial charge is 0.299 e. The molecule has 0 aromatic heterocycles. The summed E-state index contributed by atoms with van der Waals surface area (Å²) in [5.74, 6) is -2.40. The van der Waals surface area contributed by atoms with Gasteiger partial charge in [0.2, 0.25) is 0 Å². The van der Waals surface area contributed by atoms with Crippen LogP contribution in [0.3, 0.4) is 0 Å². The molecule has 1 heterocycles. The van der Waals surface area contributed by atoms with Gasteiger partial charge < -0.3 is 0 Å². The van der Waals surface area contributed by atoms with Crippen molar-refractivity contribution in [3.8, 4) is 0 Å². The number of hydrogen-bond donors (Lipinski definition) is 0. The fraction of sp³-hybridized carbons (Fsp3) is 0.579. The highest BCUT2D eigenvalue weighted by atomic mass is 35.5. The van der Waals surface area contributed by atoms with Crippen molar-refractivity contribution < 1.29 is 26.4 Å². The third kappa shape index (κ3) is 3.78. The summed E-state index contributed by atoms with van der Waals surface area (Å²) in [5, 5.41) is -1.02. The molecule has 0 N–H and O–H groups in total. The molecule has 0 bridgehead atoms. The van der Waals surface area contributed by atoms with E-state index in [1.54, 1.807) is 0 Å². The van der Waals surface area contributed by atoms with Crippen LogP contribution in [0.5, 0.6) is 0 Å². The molecule has 9 heteroatoms.